The Morgan fingerprint density at radius 1 is 1.21 bits per heavy atom. The number of nitrogens with zero attached hydrogens (tertiary/aromatic N) is 1. The highest BCUT2D eigenvalue weighted by Crippen LogP contribution is 2.28. The van der Waals surface area contributed by atoms with Crippen LogP contribution in [0.5, 0.6) is 0 Å². The molecular formula is C20H24N4O5. The lowest BCUT2D eigenvalue weighted by Gasteiger charge is -2.29. The smallest absolute Gasteiger partial charge is 0.262 e. The van der Waals surface area contributed by atoms with Crippen molar-refractivity contribution in [3.63, 3.8) is 0 Å². The zero-order chi connectivity index (χ0) is 20.5. The average Bonchev–Trinajstić information content (AvgIpc) is 2.97. The van der Waals surface area contributed by atoms with Crippen LogP contribution in [0.1, 0.15) is 46.0 Å². The number of carbonyl (C=O) groups excluding carboxylic acids is 4. The third-order valence-corrected chi connectivity index (χ3v) is 5.65. The van der Waals surface area contributed by atoms with Gasteiger partial charge in [-0.1, -0.05) is 6.07 Å². The second-order valence-electron chi connectivity index (χ2n) is 7.61. The molecule has 0 spiro atoms. The van der Waals surface area contributed by atoms with Crippen molar-refractivity contribution in [3.8, 4) is 0 Å². The number of rotatable bonds is 5. The van der Waals surface area contributed by atoms with E-state index in [9.17, 15) is 19.2 Å². The first-order valence-corrected chi connectivity index (χ1v) is 9.86. The number of hydrogen-bond acceptors (Lipinski definition) is 7. The van der Waals surface area contributed by atoms with Crippen LogP contribution in [0.25, 0.3) is 0 Å². The van der Waals surface area contributed by atoms with Crippen LogP contribution in [-0.2, 0) is 20.9 Å². The summed E-state index contributed by atoms with van der Waals surface area (Å²) in [4.78, 5) is 50.0. The Morgan fingerprint density at radius 2 is 2.00 bits per heavy atom. The molecular weight excluding hydrogens is 376 g/mol. The Kier molecular flexibility index (Phi) is 5.44. The number of amides is 4. The zero-order valence-corrected chi connectivity index (χ0v) is 16.2. The molecule has 3 atom stereocenters. The van der Waals surface area contributed by atoms with Crippen LogP contribution in [0.15, 0.2) is 18.2 Å². The van der Waals surface area contributed by atoms with Gasteiger partial charge in [-0.2, -0.15) is 0 Å². The van der Waals surface area contributed by atoms with E-state index >= 15 is 0 Å². The molecule has 3 heterocycles. The van der Waals surface area contributed by atoms with Gasteiger partial charge in [-0.3, -0.25) is 29.4 Å². The molecule has 3 unspecified atom stereocenters. The molecule has 1 aromatic rings. The van der Waals surface area contributed by atoms with Crippen molar-refractivity contribution in [2.45, 2.75) is 44.5 Å². The van der Waals surface area contributed by atoms with Gasteiger partial charge in [0.15, 0.2) is 0 Å². The Hall–Kier alpha value is -2.62. The molecule has 29 heavy (non-hydrogen) atoms. The van der Waals surface area contributed by atoms with E-state index in [0.29, 0.717) is 18.7 Å². The van der Waals surface area contributed by atoms with Gasteiger partial charge in [0.25, 0.3) is 11.8 Å². The molecule has 0 radical (unpaired) electrons. The highest BCUT2D eigenvalue weighted by atomic mass is 16.5. The standard InChI is InChI=1S/C20H24N4O5/c1-11(16-10-21-6-7-29-16)22-9-12-2-3-13-14(8-12)20(28)24(19(13)27)15-4-5-17(25)23-18(15)26/h2-3,8,11,15-16,21-22H,4-7,9-10H2,1H3,(H,23,25,26). The molecule has 1 aromatic carbocycles. The molecule has 0 aliphatic carbocycles. The third kappa shape index (κ3) is 3.81. The van der Waals surface area contributed by atoms with Crippen LogP contribution in [-0.4, -0.2) is 66.4 Å². The van der Waals surface area contributed by atoms with Crippen molar-refractivity contribution in [3.05, 3.63) is 34.9 Å². The Balaban J connectivity index is 1.45. The molecule has 3 aliphatic heterocycles. The van der Waals surface area contributed by atoms with Gasteiger partial charge < -0.3 is 15.4 Å². The summed E-state index contributed by atoms with van der Waals surface area (Å²) in [6.45, 7) is 4.89. The summed E-state index contributed by atoms with van der Waals surface area (Å²) in [6, 6.07) is 4.30. The maximum absolute atomic E-state index is 12.9. The number of piperidine rings is 1. The van der Waals surface area contributed by atoms with Gasteiger partial charge in [0.1, 0.15) is 6.04 Å². The van der Waals surface area contributed by atoms with Gasteiger partial charge in [-0.15, -0.1) is 0 Å². The molecule has 0 aromatic heterocycles. The Morgan fingerprint density at radius 3 is 2.72 bits per heavy atom. The fourth-order valence-corrected chi connectivity index (χ4v) is 3.95. The Bertz CT molecular complexity index is 864. The fourth-order valence-electron chi connectivity index (χ4n) is 3.95. The van der Waals surface area contributed by atoms with Crippen LogP contribution >= 0.6 is 0 Å². The molecule has 9 heteroatoms. The normalized spacial score (nSPS) is 25.8. The highest BCUT2D eigenvalue weighted by Gasteiger charge is 2.44. The molecule has 4 amide bonds. The van der Waals surface area contributed by atoms with Crippen LogP contribution in [0.4, 0.5) is 0 Å². The van der Waals surface area contributed by atoms with E-state index in [2.05, 4.69) is 16.0 Å². The molecule has 154 valence electrons. The second kappa shape index (κ2) is 8.02. The highest BCUT2D eigenvalue weighted by molar-refractivity contribution is 6.23. The van der Waals surface area contributed by atoms with Crippen molar-refractivity contribution in [1.82, 2.24) is 20.9 Å². The molecule has 4 rings (SSSR count). The third-order valence-electron chi connectivity index (χ3n) is 5.65. The number of nitrogens with one attached hydrogen (secondary N) is 3. The van der Waals surface area contributed by atoms with E-state index in [1.54, 1.807) is 18.2 Å². The second-order valence-corrected chi connectivity index (χ2v) is 7.61. The first-order valence-electron chi connectivity index (χ1n) is 9.86. The van der Waals surface area contributed by atoms with Crippen molar-refractivity contribution >= 4 is 23.6 Å². The van der Waals surface area contributed by atoms with Gasteiger partial charge in [-0.25, -0.2) is 0 Å². The minimum absolute atomic E-state index is 0.0735. The van der Waals surface area contributed by atoms with Gasteiger partial charge in [0.2, 0.25) is 11.8 Å². The molecule has 3 N–H and O–H groups in total. The summed E-state index contributed by atoms with van der Waals surface area (Å²) < 4.78 is 5.74. The van der Waals surface area contributed by atoms with Gasteiger partial charge >= 0.3 is 0 Å². The van der Waals surface area contributed by atoms with Crippen LogP contribution in [0.2, 0.25) is 0 Å². The maximum atomic E-state index is 12.9. The number of ether oxygens (including phenoxy) is 1. The number of fused-ring (bicyclic) bond motifs is 1. The van der Waals surface area contributed by atoms with Crippen LogP contribution in [0, 0.1) is 0 Å². The monoisotopic (exact) mass is 400 g/mol. The first kappa shape index (κ1) is 19.7. The van der Waals surface area contributed by atoms with Gasteiger partial charge in [0.05, 0.1) is 23.8 Å². The number of imide groups is 2. The molecule has 2 fully saturated rings. The van der Waals surface area contributed by atoms with E-state index in [0.717, 1.165) is 23.6 Å². The van der Waals surface area contributed by atoms with Crippen molar-refractivity contribution in [2.24, 2.45) is 0 Å². The van der Waals surface area contributed by atoms with Crippen molar-refractivity contribution in [2.75, 3.05) is 19.7 Å². The quantitative estimate of drug-likeness (QED) is 0.574. The Labute approximate surface area is 168 Å². The lowest BCUT2D eigenvalue weighted by Crippen LogP contribution is -2.54. The summed E-state index contributed by atoms with van der Waals surface area (Å²) in [6.07, 6.45) is 0.330. The predicted molar refractivity (Wildman–Crippen MR) is 102 cm³/mol. The summed E-state index contributed by atoms with van der Waals surface area (Å²) in [5.74, 6) is -1.97. The summed E-state index contributed by atoms with van der Waals surface area (Å²) in [7, 11) is 0. The number of carbonyl (C=O) groups is 4. The summed E-state index contributed by atoms with van der Waals surface area (Å²) >= 11 is 0. The molecule has 0 saturated carbocycles. The summed E-state index contributed by atoms with van der Waals surface area (Å²) in [5, 5.41) is 8.89. The molecule has 3 aliphatic rings. The topological polar surface area (TPSA) is 117 Å². The van der Waals surface area contributed by atoms with E-state index in [4.69, 9.17) is 4.74 Å². The largest absolute Gasteiger partial charge is 0.374 e. The van der Waals surface area contributed by atoms with E-state index in [1.807, 2.05) is 6.92 Å². The molecule has 9 nitrogen and oxygen atoms in total. The number of benzene rings is 1. The minimum Gasteiger partial charge on any atom is -0.374 e. The fraction of sp³-hybridized carbons (Fsp3) is 0.500. The van der Waals surface area contributed by atoms with Crippen LogP contribution in [0.3, 0.4) is 0 Å². The van der Waals surface area contributed by atoms with Crippen molar-refractivity contribution < 1.29 is 23.9 Å². The minimum atomic E-state index is -0.947. The van der Waals surface area contributed by atoms with E-state index in [1.165, 1.54) is 0 Å². The molecule has 2 saturated heterocycles. The maximum Gasteiger partial charge on any atom is 0.262 e. The average molecular weight is 400 g/mol. The van der Waals surface area contributed by atoms with Crippen molar-refractivity contribution in [1.29, 1.82) is 0 Å². The van der Waals surface area contributed by atoms with Gasteiger partial charge in [-0.05, 0) is 31.0 Å². The molecule has 0 bridgehead atoms. The lowest BCUT2D eigenvalue weighted by atomic mass is 10.0. The first-order chi connectivity index (χ1) is 14.0. The lowest BCUT2D eigenvalue weighted by molar-refractivity contribution is -0.136. The summed E-state index contributed by atoms with van der Waals surface area (Å²) in [5.41, 5.74) is 1.45. The van der Waals surface area contributed by atoms with Crippen LogP contribution < -0.4 is 16.0 Å². The van der Waals surface area contributed by atoms with E-state index < -0.39 is 23.8 Å². The SMILES string of the molecule is CC(NCc1ccc2c(c1)C(=O)N(C1CCC(=O)NC1=O)C2=O)C1CNCCO1. The predicted octanol–water partition coefficient (Wildman–Crippen LogP) is -0.446. The zero-order valence-electron chi connectivity index (χ0n) is 16.2. The van der Waals surface area contributed by atoms with Gasteiger partial charge in [0, 0.05) is 32.1 Å². The van der Waals surface area contributed by atoms with E-state index in [-0.39, 0.29) is 36.5 Å². The number of morpholine rings is 1. The number of hydrogen-bond donors (Lipinski definition) is 3.